The molecule has 1 fully saturated rings. The van der Waals surface area contributed by atoms with Gasteiger partial charge in [0.1, 0.15) is 0 Å². The summed E-state index contributed by atoms with van der Waals surface area (Å²) < 4.78 is 0. The Morgan fingerprint density at radius 2 is 1.53 bits per heavy atom. The number of hydrogen-bond acceptors (Lipinski definition) is 3. The second kappa shape index (κ2) is 6.59. The molecule has 4 N–H and O–H groups in total. The number of nitrogens with zero attached hydrogens (tertiary/aromatic N) is 1. The molecule has 1 aliphatic rings. The normalized spacial score (nSPS) is 24.8. The Bertz CT molecular complexity index is 257. The molecular formula is C12H23N3O2. The maximum atomic E-state index is 11.0. The van der Waals surface area contributed by atoms with Crippen molar-refractivity contribution in [3.8, 4) is 0 Å². The SMILES string of the molecule is CCC1CCC(N(CC(N)=O)CC(N)=O)CC1. The zero-order valence-electron chi connectivity index (χ0n) is 10.5. The van der Waals surface area contributed by atoms with Crippen molar-refractivity contribution >= 4 is 11.8 Å². The van der Waals surface area contributed by atoms with Crippen LogP contribution in [0.25, 0.3) is 0 Å². The minimum atomic E-state index is -0.399. The minimum absolute atomic E-state index is 0.129. The number of hydrogen-bond donors (Lipinski definition) is 2. The maximum absolute atomic E-state index is 11.0. The Morgan fingerprint density at radius 1 is 1.06 bits per heavy atom. The third-order valence-electron chi connectivity index (χ3n) is 3.63. The van der Waals surface area contributed by atoms with Gasteiger partial charge in [0, 0.05) is 6.04 Å². The van der Waals surface area contributed by atoms with Crippen LogP contribution in [0.4, 0.5) is 0 Å². The van der Waals surface area contributed by atoms with Gasteiger partial charge in [-0.15, -0.1) is 0 Å². The summed E-state index contributed by atoms with van der Waals surface area (Å²) in [5, 5.41) is 0. The molecular weight excluding hydrogens is 218 g/mol. The first kappa shape index (κ1) is 14.0. The number of carbonyl (C=O) groups excluding carboxylic acids is 2. The smallest absolute Gasteiger partial charge is 0.231 e. The lowest BCUT2D eigenvalue weighted by Crippen LogP contribution is -2.46. The van der Waals surface area contributed by atoms with Crippen LogP contribution in [0.1, 0.15) is 39.0 Å². The summed E-state index contributed by atoms with van der Waals surface area (Å²) in [6.07, 6.45) is 5.58. The van der Waals surface area contributed by atoms with E-state index in [0.717, 1.165) is 31.6 Å². The van der Waals surface area contributed by atoms with Crippen LogP contribution in [0.3, 0.4) is 0 Å². The summed E-state index contributed by atoms with van der Waals surface area (Å²) in [5.41, 5.74) is 10.4. The molecule has 0 spiro atoms. The van der Waals surface area contributed by atoms with E-state index in [1.165, 1.54) is 6.42 Å². The Labute approximate surface area is 103 Å². The number of carbonyl (C=O) groups is 2. The first-order valence-corrected chi connectivity index (χ1v) is 6.33. The maximum Gasteiger partial charge on any atom is 0.231 e. The van der Waals surface area contributed by atoms with Crippen LogP contribution in [-0.2, 0) is 9.59 Å². The second-order valence-corrected chi connectivity index (χ2v) is 4.92. The Balaban J connectivity index is 2.52. The molecule has 0 unspecified atom stereocenters. The molecule has 0 aliphatic heterocycles. The summed E-state index contributed by atoms with van der Waals surface area (Å²) in [6, 6.07) is 0.276. The standard InChI is InChI=1S/C12H23N3O2/c1-2-9-3-5-10(6-4-9)15(7-11(13)16)8-12(14)17/h9-10H,2-8H2,1H3,(H2,13,16)(H2,14,17). The van der Waals surface area contributed by atoms with Gasteiger partial charge in [0.15, 0.2) is 0 Å². The summed E-state index contributed by atoms with van der Waals surface area (Å²) >= 11 is 0. The van der Waals surface area contributed by atoms with Crippen molar-refractivity contribution in [2.75, 3.05) is 13.1 Å². The lowest BCUT2D eigenvalue weighted by Gasteiger charge is -2.35. The molecule has 0 aromatic heterocycles. The Hall–Kier alpha value is -1.10. The molecule has 98 valence electrons. The molecule has 0 aromatic rings. The van der Waals surface area contributed by atoms with Gasteiger partial charge in [-0.25, -0.2) is 0 Å². The molecule has 5 heteroatoms. The summed E-state index contributed by atoms with van der Waals surface area (Å²) in [6.45, 7) is 2.46. The third kappa shape index (κ3) is 4.73. The van der Waals surface area contributed by atoms with Crippen LogP contribution >= 0.6 is 0 Å². The van der Waals surface area contributed by atoms with Crippen molar-refractivity contribution in [2.24, 2.45) is 17.4 Å². The number of rotatable bonds is 6. The van der Waals surface area contributed by atoms with Crippen LogP contribution in [-0.4, -0.2) is 35.8 Å². The highest BCUT2D eigenvalue weighted by Crippen LogP contribution is 2.29. The van der Waals surface area contributed by atoms with E-state index >= 15 is 0 Å². The summed E-state index contributed by atoms with van der Waals surface area (Å²) in [4.78, 5) is 23.8. The molecule has 0 heterocycles. The Morgan fingerprint density at radius 3 is 1.88 bits per heavy atom. The molecule has 2 amide bonds. The first-order valence-electron chi connectivity index (χ1n) is 6.33. The molecule has 1 rings (SSSR count). The zero-order valence-corrected chi connectivity index (χ0v) is 10.5. The topological polar surface area (TPSA) is 89.4 Å². The molecule has 0 aromatic carbocycles. The number of nitrogens with two attached hydrogens (primary N) is 2. The van der Waals surface area contributed by atoms with Crippen molar-refractivity contribution in [3.63, 3.8) is 0 Å². The lowest BCUT2D eigenvalue weighted by atomic mass is 9.84. The highest BCUT2D eigenvalue weighted by molar-refractivity contribution is 5.79. The number of primary amides is 2. The van der Waals surface area contributed by atoms with E-state index in [1.807, 2.05) is 4.90 Å². The van der Waals surface area contributed by atoms with Crippen LogP contribution in [0.2, 0.25) is 0 Å². The van der Waals surface area contributed by atoms with Crippen molar-refractivity contribution in [1.29, 1.82) is 0 Å². The average molecular weight is 241 g/mol. The van der Waals surface area contributed by atoms with Gasteiger partial charge in [-0.1, -0.05) is 13.3 Å². The molecule has 5 nitrogen and oxygen atoms in total. The van der Waals surface area contributed by atoms with E-state index in [1.54, 1.807) is 0 Å². The Kier molecular flexibility index (Phi) is 5.41. The largest absolute Gasteiger partial charge is 0.369 e. The van der Waals surface area contributed by atoms with E-state index < -0.39 is 11.8 Å². The van der Waals surface area contributed by atoms with Gasteiger partial charge in [0.05, 0.1) is 13.1 Å². The van der Waals surface area contributed by atoms with Crippen LogP contribution in [0.5, 0.6) is 0 Å². The monoisotopic (exact) mass is 241 g/mol. The molecule has 1 aliphatic carbocycles. The third-order valence-corrected chi connectivity index (χ3v) is 3.63. The highest BCUT2D eigenvalue weighted by Gasteiger charge is 2.26. The van der Waals surface area contributed by atoms with Gasteiger partial charge in [-0.3, -0.25) is 14.5 Å². The van der Waals surface area contributed by atoms with Gasteiger partial charge in [0.25, 0.3) is 0 Å². The van der Waals surface area contributed by atoms with Crippen LogP contribution in [0.15, 0.2) is 0 Å². The van der Waals surface area contributed by atoms with Gasteiger partial charge in [0.2, 0.25) is 11.8 Å². The van der Waals surface area contributed by atoms with E-state index in [2.05, 4.69) is 6.92 Å². The van der Waals surface area contributed by atoms with E-state index in [9.17, 15) is 9.59 Å². The number of amides is 2. The predicted molar refractivity (Wildman–Crippen MR) is 66.0 cm³/mol. The van der Waals surface area contributed by atoms with Crippen molar-refractivity contribution in [1.82, 2.24) is 4.90 Å². The van der Waals surface area contributed by atoms with E-state index in [4.69, 9.17) is 11.5 Å². The van der Waals surface area contributed by atoms with Crippen molar-refractivity contribution in [3.05, 3.63) is 0 Å². The lowest BCUT2D eigenvalue weighted by molar-refractivity contribution is -0.123. The summed E-state index contributed by atoms with van der Waals surface area (Å²) in [7, 11) is 0. The van der Waals surface area contributed by atoms with Crippen LogP contribution < -0.4 is 11.5 Å². The van der Waals surface area contributed by atoms with Gasteiger partial charge >= 0.3 is 0 Å². The molecule has 0 bridgehead atoms. The highest BCUT2D eigenvalue weighted by atomic mass is 16.2. The minimum Gasteiger partial charge on any atom is -0.369 e. The van der Waals surface area contributed by atoms with Crippen LogP contribution in [0, 0.1) is 5.92 Å². The molecule has 0 atom stereocenters. The molecule has 17 heavy (non-hydrogen) atoms. The fourth-order valence-corrected chi connectivity index (χ4v) is 2.63. The molecule has 0 radical (unpaired) electrons. The molecule has 1 saturated carbocycles. The van der Waals surface area contributed by atoms with Gasteiger partial charge in [-0.2, -0.15) is 0 Å². The summed E-state index contributed by atoms with van der Waals surface area (Å²) in [5.74, 6) is -0.0111. The average Bonchev–Trinajstić information content (AvgIpc) is 2.27. The zero-order chi connectivity index (χ0) is 12.8. The fraction of sp³-hybridized carbons (Fsp3) is 0.833. The van der Waals surface area contributed by atoms with Gasteiger partial charge in [-0.05, 0) is 31.6 Å². The fourth-order valence-electron chi connectivity index (χ4n) is 2.63. The van der Waals surface area contributed by atoms with Crippen molar-refractivity contribution in [2.45, 2.75) is 45.1 Å². The quantitative estimate of drug-likeness (QED) is 0.697. The second-order valence-electron chi connectivity index (χ2n) is 4.92. The predicted octanol–water partition coefficient (Wildman–Crippen LogP) is 0.228. The molecule has 0 saturated heterocycles. The van der Waals surface area contributed by atoms with Gasteiger partial charge < -0.3 is 11.5 Å². The first-order chi connectivity index (χ1) is 8.02. The van der Waals surface area contributed by atoms with E-state index in [0.29, 0.717) is 0 Å². The van der Waals surface area contributed by atoms with Crippen molar-refractivity contribution < 1.29 is 9.59 Å². The van der Waals surface area contributed by atoms with E-state index in [-0.39, 0.29) is 19.1 Å².